The Kier molecular flexibility index (Phi) is 10.3. The van der Waals surface area contributed by atoms with Crippen LogP contribution in [0.3, 0.4) is 0 Å². The third-order valence-electron chi connectivity index (χ3n) is 7.11. The highest BCUT2D eigenvalue weighted by atomic mass is 79.9. The van der Waals surface area contributed by atoms with Crippen molar-refractivity contribution in [1.29, 1.82) is 5.26 Å². The molecule has 1 aliphatic heterocycles. The summed E-state index contributed by atoms with van der Waals surface area (Å²) < 4.78 is 24.8. The summed E-state index contributed by atoms with van der Waals surface area (Å²) in [4.78, 5) is 15.3. The van der Waals surface area contributed by atoms with Crippen LogP contribution < -0.4 is 29.6 Å². The molecule has 1 amide bonds. The first-order chi connectivity index (χ1) is 21.4. The molecule has 1 aliphatic rings. The lowest BCUT2D eigenvalue weighted by molar-refractivity contribution is -0.118. The summed E-state index contributed by atoms with van der Waals surface area (Å²) in [6, 6.07) is 19.9. The SMILES string of the molecule is CC(=O)NCCNCc1cc(Br)c(OCc2cccc(-c3ccc4c(c3)OCCO4)c2C)cc1OCc1cncc(C#N)c1. The number of hydrogen-bond donors (Lipinski definition) is 2. The molecule has 2 N–H and O–H groups in total. The summed E-state index contributed by atoms with van der Waals surface area (Å²) in [7, 11) is 0. The lowest BCUT2D eigenvalue weighted by atomic mass is 9.96. The molecular weight excluding hydrogens is 624 g/mol. The molecule has 0 radical (unpaired) electrons. The highest BCUT2D eigenvalue weighted by molar-refractivity contribution is 9.10. The molecule has 0 spiro atoms. The van der Waals surface area contributed by atoms with Gasteiger partial charge in [-0.25, -0.2) is 0 Å². The summed E-state index contributed by atoms with van der Waals surface area (Å²) >= 11 is 3.68. The molecule has 5 rings (SSSR count). The van der Waals surface area contributed by atoms with Crippen LogP contribution in [0.15, 0.2) is 71.5 Å². The second-order valence-electron chi connectivity index (χ2n) is 10.3. The van der Waals surface area contributed by atoms with E-state index in [4.69, 9.17) is 18.9 Å². The molecule has 10 heteroatoms. The van der Waals surface area contributed by atoms with Crippen LogP contribution in [0.1, 0.15) is 34.7 Å². The second-order valence-corrected chi connectivity index (χ2v) is 11.1. The first kappa shape index (κ1) is 30.9. The molecule has 2 heterocycles. The van der Waals surface area contributed by atoms with Crippen molar-refractivity contribution in [1.82, 2.24) is 15.6 Å². The number of fused-ring (bicyclic) bond motifs is 1. The van der Waals surface area contributed by atoms with Gasteiger partial charge in [0.1, 0.15) is 44.0 Å². The van der Waals surface area contributed by atoms with Crippen molar-refractivity contribution in [2.24, 2.45) is 0 Å². The van der Waals surface area contributed by atoms with E-state index >= 15 is 0 Å². The van der Waals surface area contributed by atoms with Crippen LogP contribution in [0.2, 0.25) is 0 Å². The fourth-order valence-corrected chi connectivity index (χ4v) is 5.32. The number of amides is 1. The zero-order valence-electron chi connectivity index (χ0n) is 24.6. The van der Waals surface area contributed by atoms with Gasteiger partial charge >= 0.3 is 0 Å². The topological polar surface area (TPSA) is 115 Å². The number of benzene rings is 3. The monoisotopic (exact) mass is 656 g/mol. The van der Waals surface area contributed by atoms with E-state index in [2.05, 4.69) is 56.7 Å². The van der Waals surface area contributed by atoms with Crippen LogP contribution in [0.5, 0.6) is 23.0 Å². The normalized spacial score (nSPS) is 11.9. The summed E-state index contributed by atoms with van der Waals surface area (Å²) in [5.41, 5.74) is 6.48. The van der Waals surface area contributed by atoms with Gasteiger partial charge in [0.15, 0.2) is 11.5 Å². The van der Waals surface area contributed by atoms with E-state index in [1.165, 1.54) is 13.1 Å². The minimum absolute atomic E-state index is 0.0691. The Morgan fingerprint density at radius 3 is 2.61 bits per heavy atom. The number of nitrogens with one attached hydrogen (secondary N) is 2. The number of pyridine rings is 1. The van der Waals surface area contributed by atoms with Crippen molar-refractivity contribution in [2.75, 3.05) is 26.3 Å². The summed E-state index contributed by atoms with van der Waals surface area (Å²) in [5, 5.41) is 15.4. The summed E-state index contributed by atoms with van der Waals surface area (Å²) in [5.74, 6) is 2.72. The average Bonchev–Trinajstić information content (AvgIpc) is 3.04. The predicted octanol–water partition coefficient (Wildman–Crippen LogP) is 5.85. The third-order valence-corrected chi connectivity index (χ3v) is 7.73. The van der Waals surface area contributed by atoms with Crippen molar-refractivity contribution in [3.05, 3.63) is 99.3 Å². The quantitative estimate of drug-likeness (QED) is 0.183. The molecule has 0 saturated heterocycles. The van der Waals surface area contributed by atoms with Crippen LogP contribution in [0.4, 0.5) is 0 Å². The van der Waals surface area contributed by atoms with E-state index in [0.29, 0.717) is 56.5 Å². The minimum Gasteiger partial charge on any atom is -0.488 e. The molecule has 44 heavy (non-hydrogen) atoms. The Balaban J connectivity index is 1.33. The van der Waals surface area contributed by atoms with E-state index in [1.807, 2.05) is 36.4 Å². The number of rotatable bonds is 12. The van der Waals surface area contributed by atoms with Gasteiger partial charge in [0.25, 0.3) is 0 Å². The number of hydrogen-bond acceptors (Lipinski definition) is 8. The number of halogens is 1. The number of aromatic nitrogens is 1. The fourth-order valence-electron chi connectivity index (χ4n) is 4.82. The van der Waals surface area contributed by atoms with Gasteiger partial charge in [0.05, 0.1) is 10.0 Å². The van der Waals surface area contributed by atoms with Gasteiger partial charge in [0, 0.05) is 56.1 Å². The molecule has 3 aromatic carbocycles. The Morgan fingerprint density at radius 2 is 1.80 bits per heavy atom. The molecule has 0 saturated carbocycles. The van der Waals surface area contributed by atoms with Crippen LogP contribution in [-0.2, 0) is 24.6 Å². The maximum Gasteiger partial charge on any atom is 0.216 e. The number of carbonyl (C=O) groups is 1. The number of nitrogens with zero attached hydrogens (tertiary/aromatic N) is 2. The lowest BCUT2D eigenvalue weighted by Crippen LogP contribution is -2.30. The van der Waals surface area contributed by atoms with E-state index in [-0.39, 0.29) is 12.5 Å². The zero-order valence-corrected chi connectivity index (χ0v) is 26.2. The van der Waals surface area contributed by atoms with Gasteiger partial charge in [-0.3, -0.25) is 9.78 Å². The minimum atomic E-state index is -0.0691. The van der Waals surface area contributed by atoms with Gasteiger partial charge in [-0.15, -0.1) is 0 Å². The Labute approximate surface area is 265 Å². The molecule has 4 aromatic rings. The average molecular weight is 658 g/mol. The van der Waals surface area contributed by atoms with Crippen LogP contribution in [0, 0.1) is 18.3 Å². The highest BCUT2D eigenvalue weighted by Gasteiger charge is 2.16. The first-order valence-corrected chi connectivity index (χ1v) is 15.1. The third kappa shape index (κ3) is 7.86. The van der Waals surface area contributed by atoms with Gasteiger partial charge in [0.2, 0.25) is 5.91 Å². The van der Waals surface area contributed by atoms with E-state index < -0.39 is 0 Å². The largest absolute Gasteiger partial charge is 0.488 e. The van der Waals surface area contributed by atoms with Crippen molar-refractivity contribution >= 4 is 21.8 Å². The summed E-state index contributed by atoms with van der Waals surface area (Å²) in [6.45, 7) is 6.90. The van der Waals surface area contributed by atoms with Crippen LogP contribution >= 0.6 is 15.9 Å². The van der Waals surface area contributed by atoms with Crippen LogP contribution in [-0.4, -0.2) is 37.2 Å². The fraction of sp³-hybridized carbons (Fsp3) is 0.265. The standard InChI is InChI=1S/C34H33BrN4O5/c1-22-27(4-3-5-29(22)26-6-7-31-34(14-26)42-11-10-41-31)21-44-33-15-32(43-20-25-12-24(16-36)17-38-18-25)28(13-30(33)35)19-37-8-9-39-23(2)40/h3-7,12-15,17-18,37H,8-11,19-21H2,1-2H3,(H,39,40). The maximum absolute atomic E-state index is 11.2. The van der Waals surface area contributed by atoms with Crippen molar-refractivity contribution < 1.29 is 23.7 Å². The Bertz CT molecular complexity index is 1690. The zero-order chi connectivity index (χ0) is 30.9. The van der Waals surface area contributed by atoms with Crippen molar-refractivity contribution in [2.45, 2.75) is 33.6 Å². The molecule has 0 fully saturated rings. The van der Waals surface area contributed by atoms with E-state index in [9.17, 15) is 10.1 Å². The Morgan fingerprint density at radius 1 is 0.977 bits per heavy atom. The second kappa shape index (κ2) is 14.7. The summed E-state index contributed by atoms with van der Waals surface area (Å²) in [6.07, 6.45) is 3.20. The smallest absolute Gasteiger partial charge is 0.216 e. The van der Waals surface area contributed by atoms with Crippen LogP contribution in [0.25, 0.3) is 11.1 Å². The molecule has 0 atom stereocenters. The molecule has 0 bridgehead atoms. The van der Waals surface area contributed by atoms with Crippen molar-refractivity contribution in [3.8, 4) is 40.2 Å². The molecule has 1 aromatic heterocycles. The van der Waals surface area contributed by atoms with Gasteiger partial charge < -0.3 is 29.6 Å². The molecular formula is C34H33BrN4O5. The number of ether oxygens (including phenoxy) is 4. The highest BCUT2D eigenvalue weighted by Crippen LogP contribution is 2.37. The molecule has 0 aliphatic carbocycles. The number of carbonyl (C=O) groups excluding carboxylic acids is 1. The molecule has 9 nitrogen and oxygen atoms in total. The predicted molar refractivity (Wildman–Crippen MR) is 170 cm³/mol. The van der Waals surface area contributed by atoms with Crippen molar-refractivity contribution in [3.63, 3.8) is 0 Å². The molecule has 0 unspecified atom stereocenters. The number of nitriles is 1. The Hall–Kier alpha value is -4.59. The maximum atomic E-state index is 11.2. The van der Waals surface area contributed by atoms with Gasteiger partial charge in [-0.05, 0) is 69.4 Å². The van der Waals surface area contributed by atoms with E-state index in [0.717, 1.165) is 49.4 Å². The van der Waals surface area contributed by atoms with Gasteiger partial charge in [-0.1, -0.05) is 24.3 Å². The lowest BCUT2D eigenvalue weighted by Gasteiger charge is -2.20. The van der Waals surface area contributed by atoms with E-state index in [1.54, 1.807) is 12.3 Å². The van der Waals surface area contributed by atoms with Gasteiger partial charge in [-0.2, -0.15) is 5.26 Å². The molecule has 226 valence electrons. The first-order valence-electron chi connectivity index (χ1n) is 14.3.